The van der Waals surface area contributed by atoms with E-state index in [4.69, 9.17) is 4.42 Å². The monoisotopic (exact) mass is 273 g/mol. The smallest absolute Gasteiger partial charge is 0.105 e. The maximum atomic E-state index is 5.36. The second-order valence-corrected chi connectivity index (χ2v) is 5.04. The van der Waals surface area contributed by atoms with E-state index in [0.29, 0.717) is 0 Å². The number of nitrogens with one attached hydrogen (secondary N) is 1. The molecule has 4 heteroatoms. The standard InChI is InChI=1S/C16H23N3O/c1-4-7-17-10-15-11-18-8-5-16(15)19(3)12-14-6-9-20-13(14)2/h5-6,8-9,11,17H,4,7,10,12H2,1-3H3. The molecule has 2 heterocycles. The second-order valence-electron chi connectivity index (χ2n) is 5.04. The Hall–Kier alpha value is -1.81. The van der Waals surface area contributed by atoms with E-state index in [0.717, 1.165) is 31.8 Å². The average Bonchev–Trinajstić information content (AvgIpc) is 2.85. The van der Waals surface area contributed by atoms with Gasteiger partial charge in [0.2, 0.25) is 0 Å². The average molecular weight is 273 g/mol. The van der Waals surface area contributed by atoms with E-state index < -0.39 is 0 Å². The van der Waals surface area contributed by atoms with Crippen molar-refractivity contribution in [1.29, 1.82) is 0 Å². The van der Waals surface area contributed by atoms with Crippen LogP contribution in [0.4, 0.5) is 5.69 Å². The number of aromatic nitrogens is 1. The minimum absolute atomic E-state index is 0.840. The molecule has 2 rings (SSSR count). The Morgan fingerprint density at radius 2 is 2.15 bits per heavy atom. The molecule has 0 aromatic carbocycles. The molecule has 0 fully saturated rings. The fourth-order valence-corrected chi connectivity index (χ4v) is 2.24. The molecule has 0 bridgehead atoms. The van der Waals surface area contributed by atoms with Crippen LogP contribution in [0, 0.1) is 6.92 Å². The predicted octanol–water partition coefficient (Wildman–Crippen LogP) is 3.12. The molecule has 0 aliphatic rings. The summed E-state index contributed by atoms with van der Waals surface area (Å²) in [7, 11) is 2.10. The number of nitrogens with zero attached hydrogens (tertiary/aromatic N) is 2. The molecule has 2 aromatic heterocycles. The summed E-state index contributed by atoms with van der Waals surface area (Å²) in [5.41, 5.74) is 3.66. The normalized spacial score (nSPS) is 10.8. The molecule has 2 aromatic rings. The minimum Gasteiger partial charge on any atom is -0.469 e. The molecule has 0 aliphatic heterocycles. The van der Waals surface area contributed by atoms with Crippen molar-refractivity contribution in [2.45, 2.75) is 33.4 Å². The molecular formula is C16H23N3O. The van der Waals surface area contributed by atoms with Gasteiger partial charge in [0, 0.05) is 49.3 Å². The molecule has 20 heavy (non-hydrogen) atoms. The lowest BCUT2D eigenvalue weighted by atomic mass is 10.2. The van der Waals surface area contributed by atoms with Gasteiger partial charge in [0.25, 0.3) is 0 Å². The molecule has 0 amide bonds. The highest BCUT2D eigenvalue weighted by Crippen LogP contribution is 2.21. The van der Waals surface area contributed by atoms with Crippen LogP contribution in [-0.2, 0) is 13.1 Å². The van der Waals surface area contributed by atoms with Gasteiger partial charge in [0.1, 0.15) is 5.76 Å². The van der Waals surface area contributed by atoms with Gasteiger partial charge in [-0.2, -0.15) is 0 Å². The maximum Gasteiger partial charge on any atom is 0.105 e. The number of rotatable bonds is 7. The lowest BCUT2D eigenvalue weighted by molar-refractivity contribution is 0.529. The maximum absolute atomic E-state index is 5.36. The van der Waals surface area contributed by atoms with Crippen molar-refractivity contribution in [1.82, 2.24) is 10.3 Å². The van der Waals surface area contributed by atoms with Crippen LogP contribution in [0.2, 0.25) is 0 Å². The Balaban J connectivity index is 2.08. The summed E-state index contributed by atoms with van der Waals surface area (Å²) in [6.45, 7) is 6.89. The molecule has 0 aliphatic carbocycles. The van der Waals surface area contributed by atoms with E-state index in [-0.39, 0.29) is 0 Å². The van der Waals surface area contributed by atoms with Crippen molar-refractivity contribution >= 4 is 5.69 Å². The van der Waals surface area contributed by atoms with Crippen LogP contribution in [0.5, 0.6) is 0 Å². The van der Waals surface area contributed by atoms with E-state index in [1.54, 1.807) is 6.26 Å². The summed E-state index contributed by atoms with van der Waals surface area (Å²) < 4.78 is 5.36. The Morgan fingerprint density at radius 1 is 1.30 bits per heavy atom. The third-order valence-electron chi connectivity index (χ3n) is 3.41. The Morgan fingerprint density at radius 3 is 2.85 bits per heavy atom. The molecule has 1 N–H and O–H groups in total. The van der Waals surface area contributed by atoms with Gasteiger partial charge >= 0.3 is 0 Å². The summed E-state index contributed by atoms with van der Waals surface area (Å²) in [4.78, 5) is 6.47. The third kappa shape index (κ3) is 3.61. The lowest BCUT2D eigenvalue weighted by Gasteiger charge is -2.22. The van der Waals surface area contributed by atoms with Crippen LogP contribution in [0.15, 0.2) is 35.2 Å². The van der Waals surface area contributed by atoms with Crippen LogP contribution >= 0.6 is 0 Å². The highest BCUT2D eigenvalue weighted by atomic mass is 16.3. The van der Waals surface area contributed by atoms with Gasteiger partial charge in [-0.1, -0.05) is 6.92 Å². The minimum atomic E-state index is 0.840. The number of anilines is 1. The fraction of sp³-hybridized carbons (Fsp3) is 0.438. The van der Waals surface area contributed by atoms with Crippen LogP contribution in [0.1, 0.15) is 30.2 Å². The number of aryl methyl sites for hydroxylation is 1. The Kier molecular flexibility index (Phi) is 5.18. The molecule has 0 unspecified atom stereocenters. The summed E-state index contributed by atoms with van der Waals surface area (Å²) in [5.74, 6) is 0.983. The molecule has 0 atom stereocenters. The zero-order valence-electron chi connectivity index (χ0n) is 12.5. The fourth-order valence-electron chi connectivity index (χ4n) is 2.24. The quantitative estimate of drug-likeness (QED) is 0.787. The van der Waals surface area contributed by atoms with Gasteiger partial charge < -0.3 is 14.6 Å². The molecule has 108 valence electrons. The highest BCUT2D eigenvalue weighted by molar-refractivity contribution is 5.52. The number of hydrogen-bond acceptors (Lipinski definition) is 4. The zero-order valence-corrected chi connectivity index (χ0v) is 12.5. The first kappa shape index (κ1) is 14.6. The summed E-state index contributed by atoms with van der Waals surface area (Å²) in [5, 5.41) is 3.43. The largest absolute Gasteiger partial charge is 0.469 e. The van der Waals surface area contributed by atoms with Crippen molar-refractivity contribution in [3.8, 4) is 0 Å². The molecule has 4 nitrogen and oxygen atoms in total. The van der Waals surface area contributed by atoms with Gasteiger partial charge in [-0.25, -0.2) is 0 Å². The second kappa shape index (κ2) is 7.10. The van der Waals surface area contributed by atoms with E-state index >= 15 is 0 Å². The SMILES string of the molecule is CCCNCc1cnccc1N(C)Cc1ccoc1C. The van der Waals surface area contributed by atoms with Gasteiger partial charge in [-0.3, -0.25) is 4.98 Å². The van der Waals surface area contributed by atoms with Gasteiger partial charge in [-0.15, -0.1) is 0 Å². The third-order valence-corrected chi connectivity index (χ3v) is 3.41. The molecule has 0 saturated carbocycles. The molecule has 0 radical (unpaired) electrons. The van der Waals surface area contributed by atoms with Crippen LogP contribution in [0.25, 0.3) is 0 Å². The van der Waals surface area contributed by atoms with E-state index in [1.807, 2.05) is 25.4 Å². The van der Waals surface area contributed by atoms with Gasteiger partial charge in [0.05, 0.1) is 6.26 Å². The first-order valence-electron chi connectivity index (χ1n) is 7.10. The number of hydrogen-bond donors (Lipinski definition) is 1. The van der Waals surface area contributed by atoms with E-state index in [2.05, 4.69) is 35.2 Å². The van der Waals surface area contributed by atoms with Gasteiger partial charge in [0.15, 0.2) is 0 Å². The highest BCUT2D eigenvalue weighted by Gasteiger charge is 2.10. The summed E-state index contributed by atoms with van der Waals surface area (Å²) in [6, 6.07) is 4.10. The summed E-state index contributed by atoms with van der Waals surface area (Å²) >= 11 is 0. The predicted molar refractivity (Wildman–Crippen MR) is 81.8 cm³/mol. The Bertz CT molecular complexity index is 536. The Labute approximate surface area is 120 Å². The topological polar surface area (TPSA) is 41.3 Å². The van der Waals surface area contributed by atoms with Crippen molar-refractivity contribution in [3.63, 3.8) is 0 Å². The number of furan rings is 1. The molecule has 0 spiro atoms. The van der Waals surface area contributed by atoms with E-state index in [9.17, 15) is 0 Å². The van der Waals surface area contributed by atoms with Crippen molar-refractivity contribution in [3.05, 3.63) is 47.7 Å². The van der Waals surface area contributed by atoms with Crippen LogP contribution < -0.4 is 10.2 Å². The van der Waals surface area contributed by atoms with Crippen molar-refractivity contribution < 1.29 is 4.42 Å². The van der Waals surface area contributed by atoms with E-state index in [1.165, 1.54) is 16.8 Å². The zero-order chi connectivity index (χ0) is 14.4. The first-order valence-corrected chi connectivity index (χ1v) is 7.10. The van der Waals surface area contributed by atoms with Gasteiger partial charge in [-0.05, 0) is 32.0 Å². The number of pyridine rings is 1. The lowest BCUT2D eigenvalue weighted by Crippen LogP contribution is -2.21. The van der Waals surface area contributed by atoms with Crippen LogP contribution in [0.3, 0.4) is 0 Å². The van der Waals surface area contributed by atoms with Crippen LogP contribution in [-0.4, -0.2) is 18.6 Å². The van der Waals surface area contributed by atoms with Crippen molar-refractivity contribution in [2.24, 2.45) is 0 Å². The first-order chi connectivity index (χ1) is 9.72. The summed E-state index contributed by atoms with van der Waals surface area (Å²) in [6.07, 6.45) is 6.67. The van der Waals surface area contributed by atoms with Crippen molar-refractivity contribution in [2.75, 3.05) is 18.5 Å². The molecular weight excluding hydrogens is 250 g/mol. The molecule has 0 saturated heterocycles.